The number of aromatic nitrogens is 1. The molecule has 0 spiro atoms. The fraction of sp³-hybridized carbons (Fsp3) is 0.0556. The minimum Gasteiger partial charge on any atom is -0.503 e. The highest BCUT2D eigenvalue weighted by atomic mass is 19.1. The van der Waals surface area contributed by atoms with Gasteiger partial charge in [0, 0.05) is 11.8 Å². The van der Waals surface area contributed by atoms with E-state index in [0.717, 1.165) is 0 Å². The molecule has 0 amide bonds. The van der Waals surface area contributed by atoms with Crippen LogP contribution in [0.3, 0.4) is 0 Å². The van der Waals surface area contributed by atoms with Crippen LogP contribution in [-0.2, 0) is 6.54 Å². The highest BCUT2D eigenvalue weighted by molar-refractivity contribution is 5.63. The molecule has 0 aliphatic carbocycles. The third-order valence-corrected chi connectivity index (χ3v) is 3.49. The number of aromatic hydroxyl groups is 1. The zero-order valence-corrected chi connectivity index (χ0v) is 12.0. The van der Waals surface area contributed by atoms with Crippen molar-refractivity contribution in [2.75, 3.05) is 0 Å². The molecule has 5 heteroatoms. The predicted molar refractivity (Wildman–Crippen MR) is 83.3 cm³/mol. The van der Waals surface area contributed by atoms with Gasteiger partial charge < -0.3 is 9.67 Å². The lowest BCUT2D eigenvalue weighted by Crippen LogP contribution is -2.19. The van der Waals surface area contributed by atoms with Crippen LogP contribution >= 0.6 is 0 Å². The maximum Gasteiger partial charge on any atom is 0.292 e. The SMILES string of the molecule is O=c1c(O)cc(-c2cccc(F)c2)cn1Cc1ccc(F)cc1. The average Bonchev–Trinajstić information content (AvgIpc) is 2.53. The molecule has 1 aromatic heterocycles. The Bertz CT molecular complexity index is 902. The summed E-state index contributed by atoms with van der Waals surface area (Å²) in [6.45, 7) is 0.176. The number of nitrogens with zero attached hydrogens (tertiary/aromatic N) is 1. The summed E-state index contributed by atoms with van der Waals surface area (Å²) in [6, 6.07) is 12.9. The molecule has 0 fully saturated rings. The van der Waals surface area contributed by atoms with E-state index in [-0.39, 0.29) is 12.4 Å². The van der Waals surface area contributed by atoms with Gasteiger partial charge in [-0.2, -0.15) is 0 Å². The molecule has 0 atom stereocenters. The molecule has 0 unspecified atom stereocenters. The van der Waals surface area contributed by atoms with Crippen molar-refractivity contribution in [3.05, 3.63) is 88.3 Å². The maximum absolute atomic E-state index is 13.4. The molecule has 2 aromatic carbocycles. The van der Waals surface area contributed by atoms with Crippen LogP contribution in [0.15, 0.2) is 65.6 Å². The molecule has 116 valence electrons. The van der Waals surface area contributed by atoms with E-state index in [1.54, 1.807) is 30.5 Å². The van der Waals surface area contributed by atoms with Crippen molar-refractivity contribution in [3.63, 3.8) is 0 Å². The van der Waals surface area contributed by atoms with Crippen molar-refractivity contribution in [3.8, 4) is 16.9 Å². The van der Waals surface area contributed by atoms with Crippen LogP contribution in [0.1, 0.15) is 5.56 Å². The van der Waals surface area contributed by atoms with E-state index in [1.165, 1.54) is 34.9 Å². The Kier molecular flexibility index (Phi) is 3.93. The Morgan fingerprint density at radius 3 is 2.35 bits per heavy atom. The quantitative estimate of drug-likeness (QED) is 0.803. The van der Waals surface area contributed by atoms with E-state index in [1.807, 2.05) is 0 Å². The first-order valence-electron chi connectivity index (χ1n) is 6.97. The van der Waals surface area contributed by atoms with E-state index in [0.29, 0.717) is 16.7 Å². The standard InChI is InChI=1S/C18H13F2NO2/c19-15-6-4-12(5-7-15)10-21-11-14(9-17(22)18(21)23)13-2-1-3-16(20)8-13/h1-9,11,22H,10H2. The molecule has 0 aliphatic heterocycles. The molecule has 1 heterocycles. The molecule has 0 bridgehead atoms. The molecule has 23 heavy (non-hydrogen) atoms. The lowest BCUT2D eigenvalue weighted by atomic mass is 10.1. The van der Waals surface area contributed by atoms with Gasteiger partial charge in [-0.1, -0.05) is 24.3 Å². The van der Waals surface area contributed by atoms with Crippen LogP contribution in [-0.4, -0.2) is 9.67 Å². The first kappa shape index (κ1) is 15.0. The van der Waals surface area contributed by atoms with Crippen LogP contribution in [0.2, 0.25) is 0 Å². The zero-order valence-electron chi connectivity index (χ0n) is 12.0. The van der Waals surface area contributed by atoms with E-state index in [2.05, 4.69) is 0 Å². The van der Waals surface area contributed by atoms with Crippen LogP contribution < -0.4 is 5.56 Å². The Morgan fingerprint density at radius 2 is 1.65 bits per heavy atom. The van der Waals surface area contributed by atoms with Gasteiger partial charge in [-0.15, -0.1) is 0 Å². The number of benzene rings is 2. The average molecular weight is 313 g/mol. The van der Waals surface area contributed by atoms with Crippen LogP contribution in [0.4, 0.5) is 8.78 Å². The van der Waals surface area contributed by atoms with Crippen molar-refractivity contribution in [2.45, 2.75) is 6.54 Å². The molecular weight excluding hydrogens is 300 g/mol. The van der Waals surface area contributed by atoms with Gasteiger partial charge in [0.15, 0.2) is 5.75 Å². The first-order chi connectivity index (χ1) is 11.0. The topological polar surface area (TPSA) is 42.2 Å². The summed E-state index contributed by atoms with van der Waals surface area (Å²) in [5, 5.41) is 9.85. The number of halogens is 2. The van der Waals surface area contributed by atoms with Gasteiger partial charge in [0.25, 0.3) is 5.56 Å². The van der Waals surface area contributed by atoms with Gasteiger partial charge in [-0.25, -0.2) is 8.78 Å². The van der Waals surface area contributed by atoms with E-state index >= 15 is 0 Å². The van der Waals surface area contributed by atoms with Crippen molar-refractivity contribution < 1.29 is 13.9 Å². The Morgan fingerprint density at radius 1 is 0.913 bits per heavy atom. The maximum atomic E-state index is 13.4. The normalized spacial score (nSPS) is 10.7. The minimum absolute atomic E-state index is 0.176. The van der Waals surface area contributed by atoms with Gasteiger partial charge in [0.05, 0.1) is 6.54 Å². The van der Waals surface area contributed by atoms with E-state index in [4.69, 9.17) is 0 Å². The fourth-order valence-corrected chi connectivity index (χ4v) is 2.35. The van der Waals surface area contributed by atoms with Crippen molar-refractivity contribution in [1.29, 1.82) is 0 Å². The Hall–Kier alpha value is -2.95. The van der Waals surface area contributed by atoms with Crippen LogP contribution in [0.5, 0.6) is 5.75 Å². The predicted octanol–water partition coefficient (Wildman–Crippen LogP) is 3.55. The second-order valence-electron chi connectivity index (χ2n) is 5.18. The van der Waals surface area contributed by atoms with Gasteiger partial charge in [0.1, 0.15) is 11.6 Å². The van der Waals surface area contributed by atoms with Gasteiger partial charge >= 0.3 is 0 Å². The summed E-state index contributed by atoms with van der Waals surface area (Å²) in [5.74, 6) is -1.19. The highest BCUT2D eigenvalue weighted by Gasteiger charge is 2.08. The molecule has 0 aliphatic rings. The van der Waals surface area contributed by atoms with Crippen molar-refractivity contribution in [1.82, 2.24) is 4.57 Å². The Labute approximate surface area is 131 Å². The minimum atomic E-state index is -0.561. The monoisotopic (exact) mass is 313 g/mol. The van der Waals surface area contributed by atoms with Gasteiger partial charge in [-0.3, -0.25) is 4.79 Å². The van der Waals surface area contributed by atoms with Crippen molar-refractivity contribution in [2.24, 2.45) is 0 Å². The summed E-state index contributed by atoms with van der Waals surface area (Å²) >= 11 is 0. The third-order valence-electron chi connectivity index (χ3n) is 3.49. The lowest BCUT2D eigenvalue weighted by Gasteiger charge is -2.10. The summed E-state index contributed by atoms with van der Waals surface area (Å²) in [4.78, 5) is 12.1. The summed E-state index contributed by atoms with van der Waals surface area (Å²) in [5.41, 5.74) is 1.22. The summed E-state index contributed by atoms with van der Waals surface area (Å²) < 4.78 is 27.6. The smallest absolute Gasteiger partial charge is 0.292 e. The summed E-state index contributed by atoms with van der Waals surface area (Å²) in [7, 11) is 0. The lowest BCUT2D eigenvalue weighted by molar-refractivity contribution is 0.459. The third kappa shape index (κ3) is 3.29. The number of hydrogen-bond acceptors (Lipinski definition) is 2. The zero-order chi connectivity index (χ0) is 16.4. The highest BCUT2D eigenvalue weighted by Crippen LogP contribution is 2.22. The molecular formula is C18H13F2NO2. The fourth-order valence-electron chi connectivity index (χ4n) is 2.35. The van der Waals surface area contributed by atoms with Gasteiger partial charge in [-0.05, 0) is 41.5 Å². The second kappa shape index (κ2) is 6.04. The molecule has 0 saturated heterocycles. The number of rotatable bonds is 3. The largest absolute Gasteiger partial charge is 0.503 e. The second-order valence-corrected chi connectivity index (χ2v) is 5.18. The Balaban J connectivity index is 2.03. The van der Waals surface area contributed by atoms with E-state index in [9.17, 15) is 18.7 Å². The molecule has 3 aromatic rings. The number of hydrogen-bond donors (Lipinski definition) is 1. The molecule has 0 radical (unpaired) electrons. The summed E-state index contributed by atoms with van der Waals surface area (Å²) in [6.07, 6.45) is 1.54. The van der Waals surface area contributed by atoms with Gasteiger partial charge in [0.2, 0.25) is 0 Å². The first-order valence-corrected chi connectivity index (χ1v) is 6.97. The van der Waals surface area contributed by atoms with Crippen LogP contribution in [0, 0.1) is 11.6 Å². The molecule has 3 nitrogen and oxygen atoms in total. The molecule has 3 rings (SSSR count). The molecule has 0 saturated carbocycles. The number of pyridine rings is 1. The molecule has 1 N–H and O–H groups in total. The van der Waals surface area contributed by atoms with E-state index < -0.39 is 17.1 Å². The van der Waals surface area contributed by atoms with Crippen LogP contribution in [0.25, 0.3) is 11.1 Å². The van der Waals surface area contributed by atoms with Crippen molar-refractivity contribution >= 4 is 0 Å².